The van der Waals surface area contributed by atoms with Crippen LogP contribution in [0.2, 0.25) is 0 Å². The minimum Gasteiger partial charge on any atom is -0.392 e. The lowest BCUT2D eigenvalue weighted by Gasteiger charge is -2.34. The van der Waals surface area contributed by atoms with E-state index >= 15 is 0 Å². The summed E-state index contributed by atoms with van der Waals surface area (Å²) in [6.45, 7) is 1.27. The van der Waals surface area contributed by atoms with Crippen molar-refractivity contribution in [2.75, 3.05) is 13.1 Å². The number of piperidine rings is 1. The number of aliphatic hydroxyl groups excluding tert-OH is 1. The van der Waals surface area contributed by atoms with Gasteiger partial charge >= 0.3 is 0 Å². The molecule has 1 fully saturated rings. The first-order valence-corrected chi connectivity index (χ1v) is 9.56. The molecule has 3 aromatic rings. The van der Waals surface area contributed by atoms with Crippen LogP contribution >= 0.6 is 0 Å². The first kappa shape index (κ1) is 18.3. The highest BCUT2D eigenvalue weighted by Gasteiger charge is 2.29. The molecule has 2 N–H and O–H groups in total. The lowest BCUT2D eigenvalue weighted by Crippen LogP contribution is -2.41. The van der Waals surface area contributed by atoms with Gasteiger partial charge in [0.05, 0.1) is 11.7 Å². The van der Waals surface area contributed by atoms with Crippen LogP contribution in [0.4, 0.5) is 0 Å². The third-order valence-corrected chi connectivity index (χ3v) is 5.40. The second-order valence-electron chi connectivity index (χ2n) is 7.17. The number of aromatic amines is 1. The van der Waals surface area contributed by atoms with Crippen molar-refractivity contribution in [2.24, 2.45) is 5.92 Å². The van der Waals surface area contributed by atoms with Gasteiger partial charge in [0, 0.05) is 18.7 Å². The Labute approximate surface area is 163 Å². The first-order chi connectivity index (χ1) is 13.7. The zero-order valence-electron chi connectivity index (χ0n) is 15.5. The molecule has 1 atom stereocenters. The third kappa shape index (κ3) is 3.94. The molecule has 7 nitrogen and oxygen atoms in total. The Morgan fingerprint density at radius 3 is 2.54 bits per heavy atom. The Morgan fingerprint density at radius 2 is 1.82 bits per heavy atom. The van der Waals surface area contributed by atoms with Crippen LogP contribution in [-0.4, -0.2) is 55.7 Å². The molecule has 4 rings (SSSR count). The van der Waals surface area contributed by atoms with Crippen LogP contribution in [0.3, 0.4) is 0 Å². The molecule has 1 aliphatic heterocycles. The molecule has 1 aliphatic rings. The van der Waals surface area contributed by atoms with Gasteiger partial charge in [0.1, 0.15) is 0 Å². The van der Waals surface area contributed by atoms with Crippen LogP contribution in [0, 0.1) is 5.92 Å². The van der Waals surface area contributed by atoms with Crippen LogP contribution in [0.5, 0.6) is 0 Å². The van der Waals surface area contributed by atoms with Crippen LogP contribution in [0.15, 0.2) is 54.6 Å². The summed E-state index contributed by atoms with van der Waals surface area (Å²) in [5, 5.41) is 24.6. The number of rotatable bonds is 5. The molecule has 1 amide bonds. The number of tetrazole rings is 1. The monoisotopic (exact) mass is 377 g/mol. The molecule has 144 valence electrons. The number of H-pyrrole nitrogens is 1. The average Bonchev–Trinajstić information content (AvgIpc) is 3.29. The summed E-state index contributed by atoms with van der Waals surface area (Å²) >= 11 is 0. The Balaban J connectivity index is 1.40. The summed E-state index contributed by atoms with van der Waals surface area (Å²) in [6.07, 6.45) is 1.86. The van der Waals surface area contributed by atoms with E-state index in [0.29, 0.717) is 36.5 Å². The molecule has 0 bridgehead atoms. The maximum absolute atomic E-state index is 13.1. The van der Waals surface area contributed by atoms with Gasteiger partial charge in [-0.2, -0.15) is 5.21 Å². The van der Waals surface area contributed by atoms with Gasteiger partial charge in [0.2, 0.25) is 5.82 Å². The second kappa shape index (κ2) is 8.31. The maximum Gasteiger partial charge on any atom is 0.254 e. The van der Waals surface area contributed by atoms with Crippen molar-refractivity contribution in [2.45, 2.75) is 25.4 Å². The lowest BCUT2D eigenvalue weighted by atomic mass is 9.87. The second-order valence-corrected chi connectivity index (χ2v) is 7.17. The number of hydrogen-bond acceptors (Lipinski definition) is 5. The number of hydrogen-bond donors (Lipinski definition) is 2. The number of aliphatic hydroxyl groups is 1. The molecule has 1 aromatic heterocycles. The Kier molecular flexibility index (Phi) is 5.43. The van der Waals surface area contributed by atoms with Crippen molar-refractivity contribution in [3.05, 3.63) is 65.7 Å². The summed E-state index contributed by atoms with van der Waals surface area (Å²) in [5.74, 6) is 0.588. The summed E-state index contributed by atoms with van der Waals surface area (Å²) < 4.78 is 0. The molecule has 2 aromatic carbocycles. The number of nitrogens with zero attached hydrogens (tertiary/aromatic N) is 4. The number of benzene rings is 2. The number of nitrogens with one attached hydrogen (secondary N) is 1. The van der Waals surface area contributed by atoms with Crippen LogP contribution in [0.1, 0.15) is 28.8 Å². The number of carbonyl (C=O) groups is 1. The topological polar surface area (TPSA) is 95.0 Å². The Morgan fingerprint density at radius 1 is 1.11 bits per heavy atom. The molecule has 7 heteroatoms. The normalized spacial score (nSPS) is 16.1. The molecule has 1 saturated heterocycles. The van der Waals surface area contributed by atoms with Crippen molar-refractivity contribution >= 4 is 5.91 Å². The van der Waals surface area contributed by atoms with Gasteiger partial charge in [-0.05, 0) is 42.0 Å². The van der Waals surface area contributed by atoms with E-state index in [1.165, 1.54) is 0 Å². The zero-order valence-corrected chi connectivity index (χ0v) is 15.5. The predicted molar refractivity (Wildman–Crippen MR) is 104 cm³/mol. The highest BCUT2D eigenvalue weighted by Crippen LogP contribution is 2.26. The van der Waals surface area contributed by atoms with E-state index in [4.69, 9.17) is 0 Å². The van der Waals surface area contributed by atoms with E-state index in [9.17, 15) is 9.90 Å². The van der Waals surface area contributed by atoms with Gasteiger partial charge in [-0.3, -0.25) is 4.79 Å². The van der Waals surface area contributed by atoms with E-state index < -0.39 is 0 Å². The molecule has 0 aliphatic carbocycles. The summed E-state index contributed by atoms with van der Waals surface area (Å²) in [4.78, 5) is 14.9. The molecular weight excluding hydrogens is 354 g/mol. The van der Waals surface area contributed by atoms with Crippen molar-refractivity contribution in [1.82, 2.24) is 25.5 Å². The van der Waals surface area contributed by atoms with Crippen LogP contribution < -0.4 is 0 Å². The van der Waals surface area contributed by atoms with Crippen molar-refractivity contribution in [3.8, 4) is 11.4 Å². The molecule has 28 heavy (non-hydrogen) atoms. The third-order valence-electron chi connectivity index (χ3n) is 5.40. The van der Waals surface area contributed by atoms with Gasteiger partial charge in [0.25, 0.3) is 5.91 Å². The van der Waals surface area contributed by atoms with Crippen LogP contribution in [0.25, 0.3) is 11.4 Å². The highest BCUT2D eigenvalue weighted by atomic mass is 16.3. The molecule has 0 saturated carbocycles. The molecule has 0 radical (unpaired) electrons. The largest absolute Gasteiger partial charge is 0.392 e. The number of aromatic nitrogens is 4. The van der Waals surface area contributed by atoms with Gasteiger partial charge in [-0.25, -0.2) is 0 Å². The number of likely N-dealkylation sites (tertiary alicyclic amines) is 1. The number of carbonyl (C=O) groups excluding carboxylic acids is 1. The Bertz CT molecular complexity index is 906. The summed E-state index contributed by atoms with van der Waals surface area (Å²) in [5.41, 5.74) is 2.39. The number of amides is 1. The van der Waals surface area contributed by atoms with Gasteiger partial charge in [0.15, 0.2) is 0 Å². The molecular formula is C21H23N5O2. The van der Waals surface area contributed by atoms with E-state index in [-0.39, 0.29) is 17.9 Å². The quantitative estimate of drug-likeness (QED) is 0.712. The summed E-state index contributed by atoms with van der Waals surface area (Å²) in [7, 11) is 0. The van der Waals surface area contributed by atoms with Crippen molar-refractivity contribution in [1.29, 1.82) is 0 Å². The van der Waals surface area contributed by atoms with Gasteiger partial charge < -0.3 is 10.0 Å². The molecule has 0 spiro atoms. The summed E-state index contributed by atoms with van der Waals surface area (Å²) in [6, 6.07) is 17.4. The van der Waals surface area contributed by atoms with E-state index in [2.05, 4.69) is 20.6 Å². The predicted octanol–water partition coefficient (Wildman–Crippen LogP) is 2.32. The zero-order chi connectivity index (χ0) is 19.3. The van der Waals surface area contributed by atoms with Crippen LogP contribution in [-0.2, 0) is 6.42 Å². The maximum atomic E-state index is 13.1. The van der Waals surface area contributed by atoms with E-state index in [1.807, 2.05) is 53.4 Å². The SMILES string of the molecule is O=C(c1ccccc1-c1nn[nH]n1)N1CCC([C@H](O)Cc2ccccc2)CC1. The Hall–Kier alpha value is -3.06. The smallest absolute Gasteiger partial charge is 0.254 e. The fourth-order valence-corrected chi connectivity index (χ4v) is 3.82. The van der Waals surface area contributed by atoms with Crippen molar-refractivity contribution in [3.63, 3.8) is 0 Å². The minimum absolute atomic E-state index is 0.0311. The van der Waals surface area contributed by atoms with E-state index in [1.54, 1.807) is 6.07 Å². The first-order valence-electron chi connectivity index (χ1n) is 9.56. The fourth-order valence-electron chi connectivity index (χ4n) is 3.82. The molecule has 0 unspecified atom stereocenters. The highest BCUT2D eigenvalue weighted by molar-refractivity contribution is 6.00. The lowest BCUT2D eigenvalue weighted by molar-refractivity contribution is 0.0468. The van der Waals surface area contributed by atoms with Gasteiger partial charge in [-0.1, -0.05) is 48.5 Å². The standard InChI is InChI=1S/C21H23N5O2/c27-19(14-15-6-2-1-3-7-15)16-10-12-26(13-11-16)21(28)18-9-5-4-8-17(18)20-22-24-25-23-20/h1-9,16,19,27H,10-14H2,(H,22,23,24,25)/t19-/m1/s1. The van der Waals surface area contributed by atoms with Crippen molar-refractivity contribution < 1.29 is 9.90 Å². The van der Waals surface area contributed by atoms with E-state index in [0.717, 1.165) is 18.4 Å². The average molecular weight is 377 g/mol. The fraction of sp³-hybridized carbons (Fsp3) is 0.333. The minimum atomic E-state index is -0.383. The van der Waals surface area contributed by atoms with Gasteiger partial charge in [-0.15, -0.1) is 10.2 Å². The molecule has 2 heterocycles.